The zero-order chi connectivity index (χ0) is 22.7. The molecule has 0 saturated carbocycles. The molecule has 2 aromatic carbocycles. The molecule has 2 aliphatic heterocycles. The van der Waals surface area contributed by atoms with Crippen molar-refractivity contribution < 1.29 is 19.0 Å². The maximum absolute atomic E-state index is 13.3. The van der Waals surface area contributed by atoms with Gasteiger partial charge in [-0.1, -0.05) is 23.7 Å². The van der Waals surface area contributed by atoms with E-state index in [1.807, 2.05) is 23.1 Å². The number of likely N-dealkylation sites (tertiary alicyclic amines) is 1. The predicted molar refractivity (Wildman–Crippen MR) is 123 cm³/mol. The first-order valence-electron chi connectivity index (χ1n) is 11.0. The van der Waals surface area contributed by atoms with E-state index in [4.69, 9.17) is 25.8 Å². The van der Waals surface area contributed by atoms with E-state index in [-0.39, 0.29) is 23.6 Å². The topological polar surface area (TPSA) is 73.8 Å². The van der Waals surface area contributed by atoms with Crippen molar-refractivity contribution >= 4 is 17.5 Å². The van der Waals surface area contributed by atoms with Gasteiger partial charge in [-0.15, -0.1) is 0 Å². The van der Waals surface area contributed by atoms with Crippen LogP contribution in [0.1, 0.15) is 29.6 Å². The molecule has 0 aliphatic carbocycles. The van der Waals surface area contributed by atoms with Crippen LogP contribution in [0, 0.1) is 0 Å². The van der Waals surface area contributed by atoms with Gasteiger partial charge in [-0.2, -0.15) is 0 Å². The van der Waals surface area contributed by atoms with Gasteiger partial charge >= 0.3 is 6.01 Å². The van der Waals surface area contributed by atoms with E-state index in [1.54, 1.807) is 48.8 Å². The second kappa shape index (κ2) is 9.37. The van der Waals surface area contributed by atoms with E-state index in [0.717, 1.165) is 25.0 Å². The number of nitrogens with zero attached hydrogens (tertiary/aromatic N) is 3. The Balaban J connectivity index is 1.24. The summed E-state index contributed by atoms with van der Waals surface area (Å²) in [5.74, 6) is 1.21. The lowest BCUT2D eigenvalue weighted by molar-refractivity contribution is -0.0453. The smallest absolute Gasteiger partial charge is 0.321 e. The van der Waals surface area contributed by atoms with Crippen LogP contribution in [-0.2, 0) is 4.74 Å². The number of halogens is 1. The Morgan fingerprint density at radius 3 is 2.76 bits per heavy atom. The lowest BCUT2D eigenvalue weighted by Crippen LogP contribution is -2.50. The van der Waals surface area contributed by atoms with Crippen LogP contribution in [0.25, 0.3) is 0 Å². The summed E-state index contributed by atoms with van der Waals surface area (Å²) in [7, 11) is 0. The molecule has 0 bridgehead atoms. The van der Waals surface area contributed by atoms with Gasteiger partial charge in [-0.25, -0.2) is 9.97 Å². The van der Waals surface area contributed by atoms with Gasteiger partial charge in [0.05, 0.1) is 18.8 Å². The highest BCUT2D eigenvalue weighted by atomic mass is 35.5. The molecule has 3 aromatic rings. The summed E-state index contributed by atoms with van der Waals surface area (Å²) in [5.41, 5.74) is 0.175. The molecule has 1 aromatic heterocycles. The van der Waals surface area contributed by atoms with Crippen molar-refractivity contribution in [3.63, 3.8) is 0 Å². The Hall–Kier alpha value is -3.16. The van der Waals surface area contributed by atoms with Crippen LogP contribution >= 0.6 is 11.6 Å². The maximum atomic E-state index is 13.3. The molecular weight excluding hydrogens is 442 g/mol. The highest BCUT2D eigenvalue weighted by Gasteiger charge is 2.45. The van der Waals surface area contributed by atoms with Gasteiger partial charge in [0.1, 0.15) is 17.6 Å². The molecule has 3 heterocycles. The number of carbonyl (C=O) groups is 1. The fourth-order valence-electron chi connectivity index (χ4n) is 4.49. The van der Waals surface area contributed by atoms with E-state index >= 15 is 0 Å². The van der Waals surface area contributed by atoms with Crippen molar-refractivity contribution in [3.05, 3.63) is 77.6 Å². The van der Waals surface area contributed by atoms with Crippen LogP contribution < -0.4 is 9.47 Å². The number of benzene rings is 2. The molecule has 1 spiro atoms. The van der Waals surface area contributed by atoms with Crippen molar-refractivity contribution in [3.8, 4) is 17.5 Å². The minimum absolute atomic E-state index is 0.0451. The average molecular weight is 466 g/mol. The number of carbonyl (C=O) groups excluding carboxylic acids is 1. The summed E-state index contributed by atoms with van der Waals surface area (Å²) in [6.45, 7) is 1.72. The third-order valence-corrected chi connectivity index (χ3v) is 6.17. The fraction of sp³-hybridized carbons (Fsp3) is 0.320. The van der Waals surface area contributed by atoms with E-state index < -0.39 is 0 Å². The summed E-state index contributed by atoms with van der Waals surface area (Å²) < 4.78 is 18.0. The predicted octanol–water partition coefficient (Wildman–Crippen LogP) is 4.77. The van der Waals surface area contributed by atoms with Gasteiger partial charge in [0.2, 0.25) is 0 Å². The molecule has 2 atom stereocenters. The van der Waals surface area contributed by atoms with Gasteiger partial charge in [0, 0.05) is 35.9 Å². The largest absolute Gasteiger partial charge is 0.488 e. The Morgan fingerprint density at radius 2 is 1.91 bits per heavy atom. The van der Waals surface area contributed by atoms with E-state index in [2.05, 4.69) is 9.97 Å². The monoisotopic (exact) mass is 465 g/mol. The van der Waals surface area contributed by atoms with Gasteiger partial charge in [0.15, 0.2) is 0 Å². The number of piperidine rings is 1. The lowest BCUT2D eigenvalue weighted by atomic mass is 9.89. The molecule has 33 heavy (non-hydrogen) atoms. The molecule has 2 aliphatic rings. The first-order valence-corrected chi connectivity index (χ1v) is 11.4. The summed E-state index contributed by atoms with van der Waals surface area (Å²) in [5, 5.41) is 0.639. The quantitative estimate of drug-likeness (QED) is 0.540. The summed E-state index contributed by atoms with van der Waals surface area (Å²) >= 11 is 6.07. The highest BCUT2D eigenvalue weighted by Crippen LogP contribution is 2.37. The van der Waals surface area contributed by atoms with Crippen molar-refractivity contribution in [1.29, 1.82) is 0 Å². The van der Waals surface area contributed by atoms with Crippen LogP contribution in [0.5, 0.6) is 17.5 Å². The molecular formula is C25H24ClN3O4. The van der Waals surface area contributed by atoms with Crippen molar-refractivity contribution in [1.82, 2.24) is 14.9 Å². The molecule has 0 unspecified atom stereocenters. The van der Waals surface area contributed by atoms with Crippen molar-refractivity contribution in [2.24, 2.45) is 0 Å². The van der Waals surface area contributed by atoms with E-state index in [1.165, 1.54) is 0 Å². The van der Waals surface area contributed by atoms with Crippen molar-refractivity contribution in [2.75, 3.05) is 19.7 Å². The summed E-state index contributed by atoms with van der Waals surface area (Å²) in [4.78, 5) is 23.3. The number of rotatable bonds is 5. The Morgan fingerprint density at radius 1 is 1.09 bits per heavy atom. The van der Waals surface area contributed by atoms with Crippen LogP contribution in [-0.4, -0.2) is 52.2 Å². The molecule has 2 saturated heterocycles. The molecule has 8 heteroatoms. The standard InChI is InChI=1S/C25H24ClN3O4/c26-19-6-2-8-21(14-19)32-22-15-25(31-16-22)9-3-12-29(17-25)23(30)18-5-1-7-20(13-18)33-24-27-10-4-11-28-24/h1-2,4-8,10-11,13-14,22H,3,9,12,15-17H2/t22-,25+/m1/s1. The molecule has 170 valence electrons. The number of aromatic nitrogens is 2. The lowest BCUT2D eigenvalue weighted by Gasteiger charge is -2.39. The molecule has 2 fully saturated rings. The minimum atomic E-state index is -0.386. The minimum Gasteiger partial charge on any atom is -0.488 e. The number of hydrogen-bond donors (Lipinski definition) is 0. The SMILES string of the molecule is O=C(c1cccc(Oc2ncccn2)c1)N1CCC[C@]2(C[C@@H](Oc3cccc(Cl)c3)CO2)C1. The first kappa shape index (κ1) is 21.7. The Kier molecular flexibility index (Phi) is 6.15. The Labute approximate surface area is 197 Å². The van der Waals surface area contributed by atoms with Gasteiger partial charge in [0.25, 0.3) is 5.91 Å². The van der Waals surface area contributed by atoms with Crippen molar-refractivity contribution in [2.45, 2.75) is 31.0 Å². The number of ether oxygens (including phenoxy) is 3. The zero-order valence-corrected chi connectivity index (χ0v) is 18.8. The first-order chi connectivity index (χ1) is 16.1. The van der Waals surface area contributed by atoms with E-state index in [0.29, 0.717) is 36.0 Å². The number of hydrogen-bond acceptors (Lipinski definition) is 6. The second-order valence-corrected chi connectivity index (χ2v) is 8.82. The van der Waals surface area contributed by atoms with Gasteiger partial charge in [-0.3, -0.25) is 4.79 Å². The molecule has 5 rings (SSSR count). The fourth-order valence-corrected chi connectivity index (χ4v) is 4.67. The van der Waals surface area contributed by atoms with Crippen LogP contribution in [0.15, 0.2) is 67.0 Å². The molecule has 0 N–H and O–H groups in total. The highest BCUT2D eigenvalue weighted by molar-refractivity contribution is 6.30. The summed E-state index contributed by atoms with van der Waals surface area (Å²) in [6.07, 6.45) is 5.66. The maximum Gasteiger partial charge on any atom is 0.321 e. The Bertz CT molecular complexity index is 1130. The molecule has 1 amide bonds. The number of amides is 1. The van der Waals surface area contributed by atoms with Gasteiger partial charge < -0.3 is 19.1 Å². The molecule has 0 radical (unpaired) electrons. The van der Waals surface area contributed by atoms with Gasteiger partial charge in [-0.05, 0) is 55.3 Å². The summed E-state index contributed by atoms with van der Waals surface area (Å²) in [6, 6.07) is 16.4. The normalized spacial score (nSPS) is 22.3. The van der Waals surface area contributed by atoms with Crippen LogP contribution in [0.4, 0.5) is 0 Å². The third-order valence-electron chi connectivity index (χ3n) is 5.93. The second-order valence-electron chi connectivity index (χ2n) is 8.39. The zero-order valence-electron chi connectivity index (χ0n) is 18.0. The van der Waals surface area contributed by atoms with Crippen LogP contribution in [0.2, 0.25) is 5.02 Å². The average Bonchev–Trinajstić information content (AvgIpc) is 3.20. The molecule has 7 nitrogen and oxygen atoms in total. The third kappa shape index (κ3) is 5.10. The van der Waals surface area contributed by atoms with Crippen LogP contribution in [0.3, 0.4) is 0 Å². The van der Waals surface area contributed by atoms with E-state index in [9.17, 15) is 4.79 Å².